The van der Waals surface area contributed by atoms with E-state index in [2.05, 4.69) is 69.0 Å². The van der Waals surface area contributed by atoms with Gasteiger partial charge in [0.1, 0.15) is 0 Å². The summed E-state index contributed by atoms with van der Waals surface area (Å²) in [6.45, 7) is 2.48. The zero-order chi connectivity index (χ0) is 21.8. The molecule has 5 nitrogen and oxygen atoms in total. The first kappa shape index (κ1) is 20.8. The van der Waals surface area contributed by atoms with E-state index >= 15 is 0 Å². The molecule has 5 rings (SSSR count). The minimum atomic E-state index is 0.514. The molecule has 0 N–H and O–H groups in total. The Morgan fingerprint density at radius 1 is 0.906 bits per heavy atom. The molecule has 0 amide bonds. The van der Waals surface area contributed by atoms with Gasteiger partial charge in [-0.25, -0.2) is 4.68 Å². The summed E-state index contributed by atoms with van der Waals surface area (Å²) in [6.07, 6.45) is 7.13. The van der Waals surface area contributed by atoms with Gasteiger partial charge in [-0.05, 0) is 54.7 Å². The molecule has 2 aromatic heterocycles. The molecule has 4 aromatic rings. The minimum absolute atomic E-state index is 0.514. The van der Waals surface area contributed by atoms with Crippen LogP contribution >= 0.6 is 12.2 Å². The summed E-state index contributed by atoms with van der Waals surface area (Å²) in [6, 6.07) is 25.7. The normalized spacial score (nSPS) is 16.4. The lowest BCUT2D eigenvalue weighted by Gasteiger charge is -2.24. The van der Waals surface area contributed by atoms with Gasteiger partial charge in [0, 0.05) is 30.5 Å². The van der Waals surface area contributed by atoms with E-state index in [1.54, 1.807) is 6.20 Å². The molecule has 1 aliphatic heterocycles. The van der Waals surface area contributed by atoms with Gasteiger partial charge in [0.05, 0.1) is 13.2 Å². The van der Waals surface area contributed by atoms with Gasteiger partial charge >= 0.3 is 0 Å². The van der Waals surface area contributed by atoms with Crippen molar-refractivity contribution in [2.24, 2.45) is 0 Å². The van der Waals surface area contributed by atoms with Crippen LogP contribution in [-0.4, -0.2) is 36.8 Å². The first-order valence-corrected chi connectivity index (χ1v) is 11.6. The van der Waals surface area contributed by atoms with Crippen molar-refractivity contribution in [3.63, 3.8) is 0 Å². The maximum atomic E-state index is 5.93. The Morgan fingerprint density at radius 2 is 1.66 bits per heavy atom. The molecular weight excluding hydrogens is 414 g/mol. The number of aromatic nitrogens is 4. The van der Waals surface area contributed by atoms with Crippen LogP contribution in [0.1, 0.15) is 24.0 Å². The van der Waals surface area contributed by atoms with Crippen molar-refractivity contribution >= 4 is 12.2 Å². The summed E-state index contributed by atoms with van der Waals surface area (Å²) in [5, 5.41) is 4.97. The summed E-state index contributed by atoms with van der Waals surface area (Å²) in [5.74, 6) is 0.866. The number of nitrogens with zero attached hydrogens (tertiary/aromatic N) is 5. The maximum absolute atomic E-state index is 5.93. The van der Waals surface area contributed by atoms with Crippen LogP contribution in [0, 0.1) is 4.77 Å². The molecule has 3 heterocycles. The van der Waals surface area contributed by atoms with E-state index in [9.17, 15) is 0 Å². The Kier molecular flexibility index (Phi) is 6.23. The predicted octanol–water partition coefficient (Wildman–Crippen LogP) is 5.19. The SMILES string of the molecule is S=c1n(CN2CCCC2Cc2ccccc2)nc(-c2cccnc2)n1Cc1ccccc1. The molecule has 2 aromatic carbocycles. The summed E-state index contributed by atoms with van der Waals surface area (Å²) in [5.41, 5.74) is 3.57. The monoisotopic (exact) mass is 441 g/mol. The Morgan fingerprint density at radius 3 is 2.38 bits per heavy atom. The Bertz CT molecular complexity index is 1200. The molecule has 162 valence electrons. The summed E-state index contributed by atoms with van der Waals surface area (Å²) < 4.78 is 4.87. The lowest BCUT2D eigenvalue weighted by molar-refractivity contribution is 0.187. The topological polar surface area (TPSA) is 38.9 Å². The molecule has 32 heavy (non-hydrogen) atoms. The highest BCUT2D eigenvalue weighted by atomic mass is 32.1. The highest BCUT2D eigenvalue weighted by Crippen LogP contribution is 2.24. The Balaban J connectivity index is 1.44. The molecular formula is C26H27N5S. The van der Waals surface area contributed by atoms with Crippen LogP contribution in [0.25, 0.3) is 11.4 Å². The number of rotatable bonds is 7. The molecule has 0 radical (unpaired) electrons. The lowest BCUT2D eigenvalue weighted by Crippen LogP contribution is -2.33. The van der Waals surface area contributed by atoms with E-state index in [4.69, 9.17) is 17.3 Å². The van der Waals surface area contributed by atoms with Crippen LogP contribution in [0.15, 0.2) is 85.2 Å². The zero-order valence-corrected chi connectivity index (χ0v) is 18.9. The van der Waals surface area contributed by atoms with Gasteiger partial charge < -0.3 is 0 Å². The molecule has 1 atom stereocenters. The first-order chi connectivity index (χ1) is 15.8. The summed E-state index contributed by atoms with van der Waals surface area (Å²) in [4.78, 5) is 6.83. The molecule has 1 fully saturated rings. The van der Waals surface area contributed by atoms with Crippen molar-refractivity contribution in [3.8, 4) is 11.4 Å². The van der Waals surface area contributed by atoms with Crippen molar-refractivity contribution in [2.45, 2.75) is 38.5 Å². The van der Waals surface area contributed by atoms with Gasteiger partial charge in [-0.3, -0.25) is 14.5 Å². The number of pyridine rings is 1. The van der Waals surface area contributed by atoms with Crippen molar-refractivity contribution in [1.29, 1.82) is 0 Å². The molecule has 6 heteroatoms. The number of likely N-dealkylation sites (tertiary alicyclic amines) is 1. The van der Waals surface area contributed by atoms with Crippen LogP contribution in [0.5, 0.6) is 0 Å². The van der Waals surface area contributed by atoms with Crippen LogP contribution in [0.4, 0.5) is 0 Å². The van der Waals surface area contributed by atoms with E-state index in [-0.39, 0.29) is 0 Å². The molecule has 1 aliphatic rings. The molecule has 1 saturated heterocycles. The van der Waals surface area contributed by atoms with Crippen LogP contribution < -0.4 is 0 Å². The fourth-order valence-electron chi connectivity index (χ4n) is 4.52. The largest absolute Gasteiger partial charge is 0.295 e. The van der Waals surface area contributed by atoms with Gasteiger partial charge in [-0.1, -0.05) is 60.7 Å². The van der Waals surface area contributed by atoms with Crippen LogP contribution in [0.2, 0.25) is 0 Å². The molecule has 0 bridgehead atoms. The minimum Gasteiger partial charge on any atom is -0.295 e. The molecule has 0 spiro atoms. The summed E-state index contributed by atoms with van der Waals surface area (Å²) >= 11 is 5.93. The van der Waals surface area contributed by atoms with Crippen LogP contribution in [-0.2, 0) is 19.6 Å². The highest BCUT2D eigenvalue weighted by molar-refractivity contribution is 7.71. The second-order valence-electron chi connectivity index (χ2n) is 8.36. The fourth-order valence-corrected chi connectivity index (χ4v) is 4.77. The quantitative estimate of drug-likeness (QED) is 0.370. The smallest absolute Gasteiger partial charge is 0.199 e. The van der Waals surface area contributed by atoms with Gasteiger partial charge in [0.25, 0.3) is 0 Å². The molecule has 1 unspecified atom stereocenters. The zero-order valence-electron chi connectivity index (χ0n) is 18.0. The van der Waals surface area contributed by atoms with Crippen molar-refractivity contribution in [2.75, 3.05) is 6.54 Å². The lowest BCUT2D eigenvalue weighted by atomic mass is 10.0. The Labute approximate surface area is 194 Å². The van der Waals surface area contributed by atoms with Crippen molar-refractivity contribution in [3.05, 3.63) is 101 Å². The standard InChI is InChI=1S/C26H27N5S/c32-26-30(19-22-11-5-2-6-12-22)25(23-13-7-15-27-18-23)28-31(26)20-29-16-8-14-24(29)17-21-9-3-1-4-10-21/h1-7,9-13,15,18,24H,8,14,16-17,19-20H2. The maximum Gasteiger partial charge on any atom is 0.199 e. The summed E-state index contributed by atoms with van der Waals surface area (Å²) in [7, 11) is 0. The number of benzene rings is 2. The molecule has 0 saturated carbocycles. The number of hydrogen-bond acceptors (Lipinski definition) is 4. The van der Waals surface area contributed by atoms with E-state index in [1.807, 2.05) is 29.1 Å². The van der Waals surface area contributed by atoms with Gasteiger partial charge in [-0.15, -0.1) is 0 Å². The van der Waals surface area contributed by atoms with Gasteiger partial charge in [0.15, 0.2) is 10.6 Å². The first-order valence-electron chi connectivity index (χ1n) is 11.2. The predicted molar refractivity (Wildman–Crippen MR) is 130 cm³/mol. The Hall–Kier alpha value is -3.09. The third-order valence-electron chi connectivity index (χ3n) is 6.15. The van der Waals surface area contributed by atoms with E-state index in [1.165, 1.54) is 24.0 Å². The average molecular weight is 442 g/mol. The van der Waals surface area contributed by atoms with E-state index < -0.39 is 0 Å². The van der Waals surface area contributed by atoms with Crippen molar-refractivity contribution < 1.29 is 0 Å². The highest BCUT2D eigenvalue weighted by Gasteiger charge is 2.26. The van der Waals surface area contributed by atoms with Gasteiger partial charge in [-0.2, -0.15) is 5.10 Å². The average Bonchev–Trinajstić information content (AvgIpc) is 3.40. The fraction of sp³-hybridized carbons (Fsp3) is 0.269. The van der Waals surface area contributed by atoms with E-state index in [0.29, 0.717) is 19.3 Å². The van der Waals surface area contributed by atoms with Gasteiger partial charge in [0.2, 0.25) is 0 Å². The number of hydrogen-bond donors (Lipinski definition) is 0. The second-order valence-corrected chi connectivity index (χ2v) is 8.72. The third kappa shape index (κ3) is 4.56. The third-order valence-corrected chi connectivity index (χ3v) is 6.59. The second kappa shape index (κ2) is 9.59. The molecule has 0 aliphatic carbocycles. The van der Waals surface area contributed by atoms with Crippen molar-refractivity contribution in [1.82, 2.24) is 24.2 Å². The van der Waals surface area contributed by atoms with E-state index in [0.717, 1.165) is 29.1 Å². The van der Waals surface area contributed by atoms with Crippen LogP contribution in [0.3, 0.4) is 0 Å².